The average Bonchev–Trinajstić information content (AvgIpc) is 2.93. The standard InChI is InChI=1S/C13H11Br2N3O/c1-7(18-13(16)10(15)6-17-18)12-5-8-4-9(14)2-3-11(8)19-12/h2-7H,16H2,1H3. The summed E-state index contributed by atoms with van der Waals surface area (Å²) in [4.78, 5) is 0. The molecule has 2 N–H and O–H groups in total. The lowest BCUT2D eigenvalue weighted by Gasteiger charge is -2.10. The first-order valence-corrected chi connectivity index (χ1v) is 7.32. The number of nitrogens with zero attached hydrogens (tertiary/aromatic N) is 2. The van der Waals surface area contributed by atoms with Crippen LogP contribution in [0, 0.1) is 0 Å². The number of aromatic nitrogens is 2. The van der Waals surface area contributed by atoms with E-state index in [-0.39, 0.29) is 6.04 Å². The Balaban J connectivity index is 2.06. The number of fused-ring (bicyclic) bond motifs is 1. The first kappa shape index (κ1) is 12.7. The van der Waals surface area contributed by atoms with E-state index < -0.39 is 0 Å². The quantitative estimate of drug-likeness (QED) is 0.714. The number of anilines is 1. The van der Waals surface area contributed by atoms with Gasteiger partial charge in [0.05, 0.1) is 10.7 Å². The molecule has 1 atom stereocenters. The molecule has 0 aliphatic carbocycles. The van der Waals surface area contributed by atoms with Crippen LogP contribution < -0.4 is 5.73 Å². The van der Waals surface area contributed by atoms with E-state index in [0.29, 0.717) is 5.82 Å². The molecule has 0 aliphatic rings. The van der Waals surface area contributed by atoms with Crippen LogP contribution in [0.15, 0.2) is 43.8 Å². The zero-order valence-corrected chi connectivity index (χ0v) is 13.3. The summed E-state index contributed by atoms with van der Waals surface area (Å²) in [6.45, 7) is 2.00. The van der Waals surface area contributed by atoms with Gasteiger partial charge in [-0.15, -0.1) is 0 Å². The molecule has 3 rings (SSSR count). The Morgan fingerprint density at radius 1 is 1.32 bits per heavy atom. The van der Waals surface area contributed by atoms with Gasteiger partial charge in [0.1, 0.15) is 23.2 Å². The second-order valence-corrected chi connectivity index (χ2v) is 6.10. The number of halogens is 2. The molecule has 0 saturated heterocycles. The number of furan rings is 1. The van der Waals surface area contributed by atoms with Crippen LogP contribution in [0.2, 0.25) is 0 Å². The van der Waals surface area contributed by atoms with Gasteiger partial charge in [-0.05, 0) is 47.1 Å². The zero-order valence-electron chi connectivity index (χ0n) is 10.1. The molecular weight excluding hydrogens is 374 g/mol. The predicted molar refractivity (Wildman–Crippen MR) is 82.1 cm³/mol. The van der Waals surface area contributed by atoms with Crippen molar-refractivity contribution in [2.45, 2.75) is 13.0 Å². The number of hydrogen-bond acceptors (Lipinski definition) is 3. The molecule has 0 aliphatic heterocycles. The number of nitrogen functional groups attached to an aromatic ring is 1. The Morgan fingerprint density at radius 2 is 2.11 bits per heavy atom. The summed E-state index contributed by atoms with van der Waals surface area (Å²) in [5.41, 5.74) is 6.82. The lowest BCUT2D eigenvalue weighted by Crippen LogP contribution is -2.10. The molecule has 0 fully saturated rings. The molecule has 0 spiro atoms. The second-order valence-electron chi connectivity index (χ2n) is 4.33. The van der Waals surface area contributed by atoms with Gasteiger partial charge in [-0.3, -0.25) is 0 Å². The van der Waals surface area contributed by atoms with Gasteiger partial charge in [0.2, 0.25) is 0 Å². The van der Waals surface area contributed by atoms with Crippen molar-refractivity contribution in [1.82, 2.24) is 9.78 Å². The Labute approximate surface area is 126 Å². The van der Waals surface area contributed by atoms with Gasteiger partial charge in [-0.2, -0.15) is 5.10 Å². The Morgan fingerprint density at radius 3 is 2.79 bits per heavy atom. The van der Waals surface area contributed by atoms with E-state index in [1.165, 1.54) is 0 Å². The minimum Gasteiger partial charge on any atom is -0.459 e. The van der Waals surface area contributed by atoms with E-state index in [4.69, 9.17) is 10.2 Å². The maximum atomic E-state index is 5.96. The molecule has 4 nitrogen and oxygen atoms in total. The summed E-state index contributed by atoms with van der Waals surface area (Å²) in [5, 5.41) is 5.31. The van der Waals surface area contributed by atoms with Crippen molar-refractivity contribution >= 4 is 48.6 Å². The molecular formula is C13H11Br2N3O. The van der Waals surface area contributed by atoms with Crippen molar-refractivity contribution in [3.8, 4) is 0 Å². The molecule has 0 radical (unpaired) electrons. The molecule has 0 bridgehead atoms. The fraction of sp³-hybridized carbons (Fsp3) is 0.154. The fourth-order valence-electron chi connectivity index (χ4n) is 2.02. The Bertz CT molecular complexity index is 748. The zero-order chi connectivity index (χ0) is 13.6. The molecule has 1 aromatic carbocycles. The summed E-state index contributed by atoms with van der Waals surface area (Å²) in [6, 6.07) is 7.88. The minimum absolute atomic E-state index is 0.0579. The lowest BCUT2D eigenvalue weighted by molar-refractivity contribution is 0.448. The van der Waals surface area contributed by atoms with Crippen LogP contribution in [0.3, 0.4) is 0 Å². The van der Waals surface area contributed by atoms with Crippen molar-refractivity contribution in [3.63, 3.8) is 0 Å². The van der Waals surface area contributed by atoms with Gasteiger partial charge in [0.15, 0.2) is 0 Å². The number of nitrogens with two attached hydrogens (primary N) is 1. The molecule has 19 heavy (non-hydrogen) atoms. The number of rotatable bonds is 2. The normalized spacial score (nSPS) is 13.0. The lowest BCUT2D eigenvalue weighted by atomic mass is 10.2. The third kappa shape index (κ3) is 2.19. The van der Waals surface area contributed by atoms with Crippen LogP contribution in [0.5, 0.6) is 0 Å². The second kappa shape index (κ2) is 4.68. The van der Waals surface area contributed by atoms with Crippen LogP contribution in [-0.2, 0) is 0 Å². The minimum atomic E-state index is -0.0579. The van der Waals surface area contributed by atoms with E-state index in [1.54, 1.807) is 10.9 Å². The average molecular weight is 385 g/mol. The topological polar surface area (TPSA) is 57.0 Å². The number of benzene rings is 1. The van der Waals surface area contributed by atoms with Crippen LogP contribution in [0.4, 0.5) is 5.82 Å². The summed E-state index contributed by atoms with van der Waals surface area (Å²) >= 11 is 6.81. The van der Waals surface area contributed by atoms with Gasteiger partial charge in [-0.25, -0.2) is 4.68 Å². The fourth-order valence-corrected chi connectivity index (χ4v) is 2.67. The van der Waals surface area contributed by atoms with E-state index in [2.05, 4.69) is 37.0 Å². The van der Waals surface area contributed by atoms with Gasteiger partial charge in [0.25, 0.3) is 0 Å². The van der Waals surface area contributed by atoms with Crippen molar-refractivity contribution in [1.29, 1.82) is 0 Å². The first-order chi connectivity index (χ1) is 9.06. The Kier molecular flexibility index (Phi) is 3.14. The summed E-state index contributed by atoms with van der Waals surface area (Å²) < 4.78 is 9.40. The molecule has 0 saturated carbocycles. The van der Waals surface area contributed by atoms with Gasteiger partial charge < -0.3 is 10.2 Å². The van der Waals surface area contributed by atoms with Gasteiger partial charge in [-0.1, -0.05) is 15.9 Å². The van der Waals surface area contributed by atoms with Crippen LogP contribution in [0.25, 0.3) is 11.0 Å². The molecule has 6 heteroatoms. The highest BCUT2D eigenvalue weighted by atomic mass is 79.9. The van der Waals surface area contributed by atoms with Crippen LogP contribution in [-0.4, -0.2) is 9.78 Å². The van der Waals surface area contributed by atoms with E-state index >= 15 is 0 Å². The predicted octanol–water partition coefficient (Wildman–Crippen LogP) is 4.35. The molecule has 2 heterocycles. The highest BCUT2D eigenvalue weighted by Gasteiger charge is 2.17. The largest absolute Gasteiger partial charge is 0.459 e. The maximum Gasteiger partial charge on any atom is 0.136 e. The van der Waals surface area contributed by atoms with Crippen molar-refractivity contribution < 1.29 is 4.42 Å². The summed E-state index contributed by atoms with van der Waals surface area (Å²) in [7, 11) is 0. The summed E-state index contributed by atoms with van der Waals surface area (Å²) in [6.07, 6.45) is 1.69. The van der Waals surface area contributed by atoms with E-state index in [9.17, 15) is 0 Å². The SMILES string of the molecule is CC(c1cc2cc(Br)ccc2o1)n1ncc(Br)c1N. The van der Waals surface area contributed by atoms with Gasteiger partial charge in [0, 0.05) is 9.86 Å². The molecule has 2 aromatic heterocycles. The third-order valence-electron chi connectivity index (χ3n) is 3.06. The molecule has 3 aromatic rings. The van der Waals surface area contributed by atoms with E-state index in [0.717, 1.165) is 25.7 Å². The summed E-state index contributed by atoms with van der Waals surface area (Å²) in [5.74, 6) is 1.42. The van der Waals surface area contributed by atoms with Gasteiger partial charge >= 0.3 is 0 Å². The Hall–Kier alpha value is -1.27. The monoisotopic (exact) mass is 383 g/mol. The van der Waals surface area contributed by atoms with Crippen molar-refractivity contribution in [2.24, 2.45) is 0 Å². The highest BCUT2D eigenvalue weighted by Crippen LogP contribution is 2.30. The smallest absolute Gasteiger partial charge is 0.136 e. The van der Waals surface area contributed by atoms with Crippen LogP contribution in [0.1, 0.15) is 18.7 Å². The number of hydrogen-bond donors (Lipinski definition) is 1. The van der Waals surface area contributed by atoms with Crippen molar-refractivity contribution in [2.75, 3.05) is 5.73 Å². The highest BCUT2D eigenvalue weighted by molar-refractivity contribution is 9.10. The molecule has 1 unspecified atom stereocenters. The van der Waals surface area contributed by atoms with Crippen molar-refractivity contribution in [3.05, 3.63) is 45.2 Å². The first-order valence-electron chi connectivity index (χ1n) is 5.73. The maximum absolute atomic E-state index is 5.96. The molecule has 98 valence electrons. The van der Waals surface area contributed by atoms with Crippen LogP contribution >= 0.6 is 31.9 Å². The third-order valence-corrected chi connectivity index (χ3v) is 4.17. The molecule has 0 amide bonds. The van der Waals surface area contributed by atoms with E-state index in [1.807, 2.05) is 31.2 Å².